The van der Waals surface area contributed by atoms with Gasteiger partial charge in [-0.15, -0.1) is 0 Å². The van der Waals surface area contributed by atoms with Crippen molar-refractivity contribution in [1.82, 2.24) is 5.32 Å². The van der Waals surface area contributed by atoms with Gasteiger partial charge in [0.25, 0.3) is 11.6 Å². The lowest BCUT2D eigenvalue weighted by atomic mass is 10.2. The zero-order chi connectivity index (χ0) is 21.2. The van der Waals surface area contributed by atoms with Crippen molar-refractivity contribution in [3.05, 3.63) is 58.1 Å². The van der Waals surface area contributed by atoms with E-state index in [1.54, 1.807) is 24.3 Å². The fourth-order valence-electron chi connectivity index (χ4n) is 2.30. The largest absolute Gasteiger partial charge is 0.495 e. The van der Waals surface area contributed by atoms with Crippen LogP contribution in [0.2, 0.25) is 0 Å². The Labute approximate surface area is 173 Å². The third kappa shape index (κ3) is 6.70. The molecule has 10 heteroatoms. The molecule has 2 N–H and O–H groups in total. The summed E-state index contributed by atoms with van der Waals surface area (Å²) in [5.74, 6) is 0.525. The van der Waals surface area contributed by atoms with E-state index in [0.29, 0.717) is 36.9 Å². The highest BCUT2D eigenvalue weighted by atomic mass is 32.1. The Morgan fingerprint density at radius 2 is 1.90 bits per heavy atom. The summed E-state index contributed by atoms with van der Waals surface area (Å²) in [6.45, 7) is 3.43. The van der Waals surface area contributed by atoms with Crippen LogP contribution in [0.1, 0.15) is 17.3 Å². The second kappa shape index (κ2) is 10.9. The number of nitrogens with one attached hydrogen (secondary N) is 2. The van der Waals surface area contributed by atoms with Crippen LogP contribution in [0.25, 0.3) is 0 Å². The second-order valence-corrected chi connectivity index (χ2v) is 6.03. The molecular formula is C19H21N3O6S. The van der Waals surface area contributed by atoms with Gasteiger partial charge in [0.05, 0.1) is 24.3 Å². The van der Waals surface area contributed by atoms with Gasteiger partial charge in [0, 0.05) is 24.3 Å². The van der Waals surface area contributed by atoms with E-state index in [4.69, 9.17) is 26.4 Å². The van der Waals surface area contributed by atoms with Gasteiger partial charge >= 0.3 is 0 Å². The van der Waals surface area contributed by atoms with Crippen LogP contribution in [0.4, 0.5) is 11.4 Å². The first kappa shape index (κ1) is 22.1. The summed E-state index contributed by atoms with van der Waals surface area (Å²) < 4.78 is 15.8. The molecule has 2 aromatic rings. The molecule has 0 saturated heterocycles. The van der Waals surface area contributed by atoms with Crippen LogP contribution in [0, 0.1) is 10.1 Å². The number of methoxy groups -OCH3 is 1. The van der Waals surface area contributed by atoms with Crippen molar-refractivity contribution in [2.75, 3.05) is 32.2 Å². The van der Waals surface area contributed by atoms with Crippen LogP contribution in [0.3, 0.4) is 0 Å². The fourth-order valence-corrected chi connectivity index (χ4v) is 2.50. The van der Waals surface area contributed by atoms with Crippen LogP contribution < -0.4 is 20.1 Å². The smallest absolute Gasteiger partial charge is 0.271 e. The van der Waals surface area contributed by atoms with Crippen molar-refractivity contribution >= 4 is 34.6 Å². The molecule has 0 spiro atoms. The Hall–Kier alpha value is -3.24. The molecule has 0 atom stereocenters. The van der Waals surface area contributed by atoms with Crippen LogP contribution in [0.5, 0.6) is 11.5 Å². The number of nitrogens with zero attached hydrogens (tertiary/aromatic N) is 1. The standard InChI is InChI=1S/C19H21N3O6S/c1-3-27-10-11-28-15-7-4-13(5-8-15)18(23)21-19(29)20-16-12-14(22(24)25)6-9-17(16)26-2/h4-9,12H,3,10-11H2,1-2H3,(H2,20,21,23,29). The van der Waals surface area contributed by atoms with Crippen molar-refractivity contribution in [3.8, 4) is 11.5 Å². The third-order valence-corrected chi connectivity index (χ3v) is 3.89. The summed E-state index contributed by atoms with van der Waals surface area (Å²) >= 11 is 5.13. The van der Waals surface area contributed by atoms with E-state index in [-0.39, 0.29) is 16.5 Å². The lowest BCUT2D eigenvalue weighted by molar-refractivity contribution is -0.384. The van der Waals surface area contributed by atoms with E-state index >= 15 is 0 Å². The number of non-ortho nitro benzene ring substituents is 1. The Kier molecular flexibility index (Phi) is 8.31. The Morgan fingerprint density at radius 3 is 2.52 bits per heavy atom. The van der Waals surface area contributed by atoms with Gasteiger partial charge in [-0.1, -0.05) is 0 Å². The molecule has 29 heavy (non-hydrogen) atoms. The molecule has 2 aromatic carbocycles. The lowest BCUT2D eigenvalue weighted by Crippen LogP contribution is -2.34. The summed E-state index contributed by atoms with van der Waals surface area (Å²) in [6, 6.07) is 10.6. The first-order valence-corrected chi connectivity index (χ1v) is 9.10. The van der Waals surface area contributed by atoms with Crippen molar-refractivity contribution < 1.29 is 23.9 Å². The number of nitro groups is 1. The highest BCUT2D eigenvalue weighted by molar-refractivity contribution is 7.80. The first-order chi connectivity index (χ1) is 13.9. The molecule has 154 valence electrons. The maximum Gasteiger partial charge on any atom is 0.271 e. The number of ether oxygens (including phenoxy) is 3. The molecule has 0 aliphatic heterocycles. The molecule has 0 heterocycles. The van der Waals surface area contributed by atoms with E-state index in [9.17, 15) is 14.9 Å². The summed E-state index contributed by atoms with van der Waals surface area (Å²) in [6.07, 6.45) is 0. The normalized spacial score (nSPS) is 10.1. The molecule has 0 aliphatic carbocycles. The van der Waals surface area contributed by atoms with Crippen molar-refractivity contribution in [1.29, 1.82) is 0 Å². The second-order valence-electron chi connectivity index (χ2n) is 5.62. The number of rotatable bonds is 9. The number of nitro benzene ring substituents is 1. The van der Waals surface area contributed by atoms with Crippen molar-refractivity contribution in [2.45, 2.75) is 6.92 Å². The van der Waals surface area contributed by atoms with Crippen molar-refractivity contribution in [2.24, 2.45) is 0 Å². The zero-order valence-corrected chi connectivity index (χ0v) is 16.8. The number of carbonyl (C=O) groups excluding carboxylic acids is 1. The van der Waals surface area contributed by atoms with E-state index in [1.807, 2.05) is 6.92 Å². The Morgan fingerprint density at radius 1 is 1.17 bits per heavy atom. The van der Waals surface area contributed by atoms with E-state index < -0.39 is 10.8 Å². The van der Waals surface area contributed by atoms with Gasteiger partial charge in [-0.05, 0) is 49.5 Å². The fraction of sp³-hybridized carbons (Fsp3) is 0.263. The van der Waals surface area contributed by atoms with Gasteiger partial charge in [0.1, 0.15) is 18.1 Å². The molecule has 2 rings (SSSR count). The van der Waals surface area contributed by atoms with E-state index in [0.717, 1.165) is 0 Å². The van der Waals surface area contributed by atoms with Gasteiger partial charge in [-0.25, -0.2) is 0 Å². The zero-order valence-electron chi connectivity index (χ0n) is 16.0. The molecular weight excluding hydrogens is 398 g/mol. The average Bonchev–Trinajstić information content (AvgIpc) is 2.71. The predicted octanol–water partition coefficient (Wildman–Crippen LogP) is 3.15. The van der Waals surface area contributed by atoms with Crippen LogP contribution in [0.15, 0.2) is 42.5 Å². The first-order valence-electron chi connectivity index (χ1n) is 8.70. The summed E-state index contributed by atoms with van der Waals surface area (Å²) in [4.78, 5) is 22.8. The summed E-state index contributed by atoms with van der Waals surface area (Å²) in [5.41, 5.74) is 0.504. The Balaban J connectivity index is 1.96. The number of carbonyl (C=O) groups is 1. The highest BCUT2D eigenvalue weighted by Crippen LogP contribution is 2.28. The highest BCUT2D eigenvalue weighted by Gasteiger charge is 2.14. The molecule has 0 bridgehead atoms. The average molecular weight is 419 g/mol. The predicted molar refractivity (Wildman–Crippen MR) is 112 cm³/mol. The Bertz CT molecular complexity index is 873. The number of benzene rings is 2. The molecule has 0 saturated carbocycles. The minimum Gasteiger partial charge on any atom is -0.495 e. The minimum absolute atomic E-state index is 0.0224. The SMILES string of the molecule is CCOCCOc1ccc(C(=O)NC(=S)Nc2cc([N+](=O)[O-])ccc2OC)cc1. The number of thiocarbonyl (C=S) groups is 1. The number of anilines is 1. The molecule has 0 fully saturated rings. The maximum atomic E-state index is 12.3. The van der Waals surface area contributed by atoms with Gasteiger partial charge in [-0.3, -0.25) is 20.2 Å². The van der Waals surface area contributed by atoms with Crippen LogP contribution in [-0.4, -0.2) is 42.9 Å². The molecule has 0 unspecified atom stereocenters. The monoisotopic (exact) mass is 419 g/mol. The van der Waals surface area contributed by atoms with Gasteiger partial charge in [-0.2, -0.15) is 0 Å². The number of hydrogen-bond donors (Lipinski definition) is 2. The maximum absolute atomic E-state index is 12.3. The third-order valence-electron chi connectivity index (χ3n) is 3.69. The molecule has 9 nitrogen and oxygen atoms in total. The molecule has 0 aromatic heterocycles. The summed E-state index contributed by atoms with van der Waals surface area (Å²) in [5, 5.41) is 16.2. The quantitative estimate of drug-likeness (QED) is 0.276. The molecule has 0 radical (unpaired) electrons. The lowest BCUT2D eigenvalue weighted by Gasteiger charge is -2.13. The number of amides is 1. The molecule has 1 amide bonds. The number of hydrogen-bond acceptors (Lipinski definition) is 7. The van der Waals surface area contributed by atoms with E-state index in [1.165, 1.54) is 25.3 Å². The topological polar surface area (TPSA) is 112 Å². The van der Waals surface area contributed by atoms with Crippen LogP contribution >= 0.6 is 12.2 Å². The summed E-state index contributed by atoms with van der Waals surface area (Å²) in [7, 11) is 1.42. The molecule has 0 aliphatic rings. The van der Waals surface area contributed by atoms with Crippen molar-refractivity contribution in [3.63, 3.8) is 0 Å². The van der Waals surface area contributed by atoms with Gasteiger partial charge < -0.3 is 19.5 Å². The minimum atomic E-state index is -0.537. The van der Waals surface area contributed by atoms with E-state index in [2.05, 4.69) is 10.6 Å². The van der Waals surface area contributed by atoms with Gasteiger partial charge in [0.15, 0.2) is 5.11 Å². The van der Waals surface area contributed by atoms with Gasteiger partial charge in [0.2, 0.25) is 0 Å². The van der Waals surface area contributed by atoms with Crippen LogP contribution in [-0.2, 0) is 4.74 Å².